The number of methoxy groups -OCH3 is 1. The Morgan fingerprint density at radius 3 is 2.74 bits per heavy atom. The van der Waals surface area contributed by atoms with Crippen LogP contribution in [-0.4, -0.2) is 34.3 Å². The van der Waals surface area contributed by atoms with Crippen molar-refractivity contribution in [3.63, 3.8) is 0 Å². The molecular formula is C13H17BrO4S. The van der Waals surface area contributed by atoms with Gasteiger partial charge < -0.3 is 14.9 Å². The molecule has 0 aromatic heterocycles. The number of halogens is 1. The average Bonchev–Trinajstić information content (AvgIpc) is 2.37. The van der Waals surface area contributed by atoms with Crippen LogP contribution in [-0.2, 0) is 4.79 Å². The van der Waals surface area contributed by atoms with Gasteiger partial charge in [0.2, 0.25) is 0 Å². The SMILES string of the molecule is COc1cc(Br)ccc1C(O)C(O)CCSC(C)=O. The molecule has 0 heterocycles. The van der Waals surface area contributed by atoms with Crippen LogP contribution in [0.5, 0.6) is 5.75 Å². The third kappa shape index (κ3) is 5.14. The van der Waals surface area contributed by atoms with Crippen LogP contribution in [0.15, 0.2) is 22.7 Å². The monoisotopic (exact) mass is 348 g/mol. The summed E-state index contributed by atoms with van der Waals surface area (Å²) in [5, 5.41) is 20.1. The van der Waals surface area contributed by atoms with Crippen LogP contribution in [0.2, 0.25) is 0 Å². The third-order valence-corrected chi connectivity index (χ3v) is 3.94. The van der Waals surface area contributed by atoms with Crippen LogP contribution >= 0.6 is 27.7 Å². The minimum atomic E-state index is -1.03. The molecule has 0 aliphatic rings. The molecule has 1 aromatic carbocycles. The number of hydrogen-bond acceptors (Lipinski definition) is 5. The first-order chi connectivity index (χ1) is 8.95. The number of benzene rings is 1. The topological polar surface area (TPSA) is 66.8 Å². The molecule has 1 rings (SSSR count). The molecule has 0 saturated heterocycles. The summed E-state index contributed by atoms with van der Waals surface area (Å²) < 4.78 is 6.01. The van der Waals surface area contributed by atoms with Gasteiger partial charge in [0.15, 0.2) is 5.12 Å². The van der Waals surface area contributed by atoms with Gasteiger partial charge in [-0.25, -0.2) is 0 Å². The summed E-state index contributed by atoms with van der Waals surface area (Å²) in [6.45, 7) is 1.48. The molecule has 0 amide bonds. The lowest BCUT2D eigenvalue weighted by molar-refractivity contribution is -0.109. The normalized spacial score (nSPS) is 13.9. The number of thioether (sulfide) groups is 1. The Kier molecular flexibility index (Phi) is 6.85. The molecule has 106 valence electrons. The second-order valence-corrected chi connectivity index (χ2v) is 6.21. The lowest BCUT2D eigenvalue weighted by atomic mass is 10.0. The summed E-state index contributed by atoms with van der Waals surface area (Å²) in [7, 11) is 1.51. The van der Waals surface area contributed by atoms with Gasteiger partial charge in [0, 0.05) is 22.7 Å². The lowest BCUT2D eigenvalue weighted by Crippen LogP contribution is -2.19. The van der Waals surface area contributed by atoms with E-state index in [2.05, 4.69) is 15.9 Å². The summed E-state index contributed by atoms with van der Waals surface area (Å²) >= 11 is 4.45. The molecule has 2 unspecified atom stereocenters. The van der Waals surface area contributed by atoms with Gasteiger partial charge in [0.1, 0.15) is 11.9 Å². The predicted octanol–water partition coefficient (Wildman–Crippen LogP) is 2.52. The molecule has 0 aliphatic heterocycles. The Bertz CT molecular complexity index is 439. The van der Waals surface area contributed by atoms with Gasteiger partial charge in [0.25, 0.3) is 0 Å². The zero-order chi connectivity index (χ0) is 14.4. The average molecular weight is 349 g/mol. The second kappa shape index (κ2) is 7.89. The molecule has 2 N–H and O–H groups in total. The zero-order valence-electron chi connectivity index (χ0n) is 10.8. The number of ether oxygens (including phenoxy) is 1. The van der Waals surface area contributed by atoms with Crippen molar-refractivity contribution in [1.82, 2.24) is 0 Å². The maximum absolute atomic E-state index is 10.8. The Morgan fingerprint density at radius 2 is 2.16 bits per heavy atom. The molecule has 2 atom stereocenters. The van der Waals surface area contributed by atoms with Gasteiger partial charge in [-0.1, -0.05) is 33.8 Å². The highest BCUT2D eigenvalue weighted by atomic mass is 79.9. The first-order valence-electron chi connectivity index (χ1n) is 5.78. The second-order valence-electron chi connectivity index (χ2n) is 4.03. The van der Waals surface area contributed by atoms with Crippen molar-refractivity contribution < 1.29 is 19.7 Å². The largest absolute Gasteiger partial charge is 0.496 e. The number of carbonyl (C=O) groups excluding carboxylic acids is 1. The van der Waals surface area contributed by atoms with Crippen LogP contribution in [0, 0.1) is 0 Å². The molecule has 0 spiro atoms. The summed E-state index contributed by atoms with van der Waals surface area (Å²) in [5.74, 6) is 0.993. The Balaban J connectivity index is 2.70. The van der Waals surface area contributed by atoms with Crippen molar-refractivity contribution in [1.29, 1.82) is 0 Å². The summed E-state index contributed by atoms with van der Waals surface area (Å²) in [4.78, 5) is 10.8. The highest BCUT2D eigenvalue weighted by Gasteiger charge is 2.21. The number of hydrogen-bond donors (Lipinski definition) is 2. The van der Waals surface area contributed by atoms with E-state index in [0.717, 1.165) is 16.2 Å². The Labute approximate surface area is 125 Å². The molecule has 0 saturated carbocycles. The minimum Gasteiger partial charge on any atom is -0.496 e. The van der Waals surface area contributed by atoms with Crippen molar-refractivity contribution in [2.75, 3.05) is 12.9 Å². The van der Waals surface area contributed by atoms with E-state index in [-0.39, 0.29) is 5.12 Å². The summed E-state index contributed by atoms with van der Waals surface area (Å²) in [6.07, 6.45) is -1.62. The van der Waals surface area contributed by atoms with Crippen molar-refractivity contribution in [2.24, 2.45) is 0 Å². The van der Waals surface area contributed by atoms with E-state index in [0.29, 0.717) is 23.5 Å². The van der Waals surface area contributed by atoms with E-state index >= 15 is 0 Å². The molecule has 0 aliphatic carbocycles. The predicted molar refractivity (Wildman–Crippen MR) is 79.4 cm³/mol. The van der Waals surface area contributed by atoms with Crippen LogP contribution in [0.4, 0.5) is 0 Å². The number of rotatable bonds is 6. The molecule has 0 fully saturated rings. The fourth-order valence-electron chi connectivity index (χ4n) is 1.62. The standard InChI is InChI=1S/C13H17BrO4S/c1-8(15)19-6-5-11(16)13(17)10-4-3-9(14)7-12(10)18-2/h3-4,7,11,13,16-17H,5-6H2,1-2H3. The molecule has 0 radical (unpaired) electrons. The third-order valence-electron chi connectivity index (χ3n) is 2.60. The number of aliphatic hydroxyl groups excluding tert-OH is 2. The fourth-order valence-corrected chi connectivity index (χ4v) is 2.60. The van der Waals surface area contributed by atoms with Crippen molar-refractivity contribution in [3.8, 4) is 5.75 Å². The molecule has 1 aromatic rings. The Morgan fingerprint density at radius 1 is 1.47 bits per heavy atom. The molecular weight excluding hydrogens is 332 g/mol. The highest BCUT2D eigenvalue weighted by Crippen LogP contribution is 2.31. The quantitative estimate of drug-likeness (QED) is 0.826. The summed E-state index contributed by atoms with van der Waals surface area (Å²) in [6, 6.07) is 5.21. The smallest absolute Gasteiger partial charge is 0.185 e. The van der Waals surface area contributed by atoms with Gasteiger partial charge in [-0.05, 0) is 18.6 Å². The number of carbonyl (C=O) groups is 1. The van der Waals surface area contributed by atoms with E-state index < -0.39 is 12.2 Å². The van der Waals surface area contributed by atoms with Crippen molar-refractivity contribution in [3.05, 3.63) is 28.2 Å². The van der Waals surface area contributed by atoms with Crippen LogP contribution < -0.4 is 4.74 Å². The Hall–Kier alpha value is -0.560. The van der Waals surface area contributed by atoms with Gasteiger partial charge in [-0.2, -0.15) is 0 Å². The maximum Gasteiger partial charge on any atom is 0.185 e. The first kappa shape index (κ1) is 16.5. The first-order valence-corrected chi connectivity index (χ1v) is 7.56. The van der Waals surface area contributed by atoms with Crippen molar-refractivity contribution >= 4 is 32.8 Å². The van der Waals surface area contributed by atoms with Crippen LogP contribution in [0.1, 0.15) is 25.0 Å². The van der Waals surface area contributed by atoms with Crippen molar-refractivity contribution in [2.45, 2.75) is 25.6 Å². The van der Waals surface area contributed by atoms with E-state index in [1.165, 1.54) is 14.0 Å². The van der Waals surface area contributed by atoms with Crippen LogP contribution in [0.25, 0.3) is 0 Å². The van der Waals surface area contributed by atoms with E-state index in [1.807, 2.05) is 0 Å². The van der Waals surface area contributed by atoms with Crippen LogP contribution in [0.3, 0.4) is 0 Å². The number of aliphatic hydroxyl groups is 2. The minimum absolute atomic E-state index is 0.00270. The highest BCUT2D eigenvalue weighted by molar-refractivity contribution is 9.10. The molecule has 0 bridgehead atoms. The van der Waals surface area contributed by atoms with E-state index in [4.69, 9.17) is 4.74 Å². The maximum atomic E-state index is 10.8. The van der Waals surface area contributed by atoms with Gasteiger partial charge in [-0.15, -0.1) is 0 Å². The molecule has 19 heavy (non-hydrogen) atoms. The molecule has 4 nitrogen and oxygen atoms in total. The van der Waals surface area contributed by atoms with E-state index in [9.17, 15) is 15.0 Å². The zero-order valence-corrected chi connectivity index (χ0v) is 13.2. The van der Waals surface area contributed by atoms with E-state index in [1.54, 1.807) is 18.2 Å². The van der Waals surface area contributed by atoms with Gasteiger partial charge >= 0.3 is 0 Å². The lowest BCUT2D eigenvalue weighted by Gasteiger charge is -2.20. The molecule has 6 heteroatoms. The summed E-state index contributed by atoms with van der Waals surface area (Å²) in [5.41, 5.74) is 0.533. The van der Waals surface area contributed by atoms with Gasteiger partial charge in [-0.3, -0.25) is 4.79 Å². The van der Waals surface area contributed by atoms with Gasteiger partial charge in [0.05, 0.1) is 13.2 Å². The fraction of sp³-hybridized carbons (Fsp3) is 0.462.